The van der Waals surface area contributed by atoms with Gasteiger partial charge in [-0.2, -0.15) is 5.23 Å². The molecule has 188 valence electrons. The number of carbonyl (C=O) groups excluding carboxylic acids is 1. The maximum Gasteiger partial charge on any atom is 0.315 e. The molecule has 1 amide bonds. The van der Waals surface area contributed by atoms with Crippen molar-refractivity contribution in [2.24, 2.45) is 5.92 Å². The Bertz CT molecular complexity index is 1660. The highest BCUT2D eigenvalue weighted by Gasteiger charge is 2.38. The molecule has 1 saturated heterocycles. The second-order valence-electron chi connectivity index (χ2n) is 9.84. The summed E-state index contributed by atoms with van der Waals surface area (Å²) in [5.74, 6) is 0.137. The van der Waals surface area contributed by atoms with E-state index in [1.54, 1.807) is 40.7 Å². The Morgan fingerprint density at radius 3 is 2.57 bits per heavy atom. The normalized spacial score (nSPS) is 19.5. The molecule has 4 aromatic rings. The fraction of sp³-hybridized carbons (Fsp3) is 0.250. The van der Waals surface area contributed by atoms with Crippen molar-refractivity contribution in [2.75, 3.05) is 13.1 Å². The van der Waals surface area contributed by atoms with E-state index in [4.69, 9.17) is 4.42 Å². The molecule has 6 rings (SSSR count). The van der Waals surface area contributed by atoms with Crippen LogP contribution >= 0.6 is 0 Å². The van der Waals surface area contributed by atoms with Crippen molar-refractivity contribution in [1.29, 1.82) is 0 Å². The number of pyridine rings is 1. The Hall–Kier alpha value is -4.05. The molecule has 2 aromatic carbocycles. The largest absolute Gasteiger partial charge is 0.595 e. The molecule has 1 fully saturated rings. The van der Waals surface area contributed by atoms with Crippen molar-refractivity contribution in [2.45, 2.75) is 25.8 Å². The number of hydrogen-bond donors (Lipinski definition) is 2. The van der Waals surface area contributed by atoms with Gasteiger partial charge in [-0.3, -0.25) is 14.4 Å². The van der Waals surface area contributed by atoms with Gasteiger partial charge in [-0.25, -0.2) is 5.21 Å². The fourth-order valence-corrected chi connectivity index (χ4v) is 5.79. The zero-order valence-electron chi connectivity index (χ0n) is 20.1. The zero-order valence-corrected chi connectivity index (χ0v) is 20.1. The molecule has 1 unspecified atom stereocenters. The van der Waals surface area contributed by atoms with E-state index in [1.165, 1.54) is 6.07 Å². The molecule has 2 aliphatic heterocycles. The number of quaternary nitrogens is 1. The second-order valence-corrected chi connectivity index (χ2v) is 9.84. The van der Waals surface area contributed by atoms with Crippen LogP contribution in [-0.4, -0.2) is 33.7 Å². The molecule has 0 spiro atoms. The molecule has 2 bridgehead atoms. The second kappa shape index (κ2) is 8.81. The van der Waals surface area contributed by atoms with Gasteiger partial charge in [0.05, 0.1) is 10.9 Å². The van der Waals surface area contributed by atoms with E-state index in [1.807, 2.05) is 30.3 Å². The van der Waals surface area contributed by atoms with E-state index in [0.29, 0.717) is 41.9 Å². The first-order valence-electron chi connectivity index (χ1n) is 12.2. The first kappa shape index (κ1) is 23.4. The van der Waals surface area contributed by atoms with E-state index in [2.05, 4.69) is 0 Å². The summed E-state index contributed by atoms with van der Waals surface area (Å²) in [6, 6.07) is 17.4. The lowest BCUT2D eigenvalue weighted by atomic mass is 9.83. The average Bonchev–Trinajstić information content (AvgIpc) is 2.90. The molecule has 0 radical (unpaired) electrons. The Morgan fingerprint density at radius 1 is 1.03 bits per heavy atom. The number of rotatable bonds is 3. The Kier molecular flexibility index (Phi) is 5.56. The third-order valence-corrected chi connectivity index (χ3v) is 7.53. The lowest BCUT2D eigenvalue weighted by Gasteiger charge is -2.42. The summed E-state index contributed by atoms with van der Waals surface area (Å²) < 4.78 is 7.81. The number of likely N-dealkylation sites (tertiary alicyclic amines) is 1. The molecule has 4 heterocycles. The van der Waals surface area contributed by atoms with Crippen LogP contribution in [-0.2, 0) is 6.54 Å². The van der Waals surface area contributed by atoms with Crippen LogP contribution in [0.3, 0.4) is 0 Å². The number of fused-ring (bicyclic) bond motifs is 5. The van der Waals surface area contributed by atoms with Crippen LogP contribution in [0.25, 0.3) is 22.3 Å². The van der Waals surface area contributed by atoms with Gasteiger partial charge >= 0.3 is 5.56 Å². The molecule has 9 nitrogen and oxygen atoms in total. The van der Waals surface area contributed by atoms with Crippen LogP contribution < -0.4 is 16.2 Å². The minimum Gasteiger partial charge on any atom is -0.595 e. The molecule has 2 aliphatic rings. The number of benzene rings is 2. The van der Waals surface area contributed by atoms with Crippen molar-refractivity contribution in [3.05, 3.63) is 103 Å². The summed E-state index contributed by atoms with van der Waals surface area (Å²) in [5, 5.41) is 19.9. The van der Waals surface area contributed by atoms with Crippen molar-refractivity contribution in [1.82, 2.24) is 9.47 Å². The summed E-state index contributed by atoms with van der Waals surface area (Å²) in [4.78, 5) is 41.5. The number of nitrogens with one attached hydrogen (secondary N) is 1. The van der Waals surface area contributed by atoms with Crippen LogP contribution in [0.15, 0.2) is 74.7 Å². The van der Waals surface area contributed by atoms with Gasteiger partial charge in [0.2, 0.25) is 5.69 Å². The summed E-state index contributed by atoms with van der Waals surface area (Å²) in [6.45, 7) is 2.90. The van der Waals surface area contributed by atoms with Gasteiger partial charge in [0, 0.05) is 48.4 Å². The number of nitrogens with zero attached hydrogens (tertiary/aromatic N) is 2. The molecular formula is C28H25N3O6. The Labute approximate surface area is 211 Å². The van der Waals surface area contributed by atoms with Crippen molar-refractivity contribution >= 4 is 22.6 Å². The molecular weight excluding hydrogens is 474 g/mol. The number of aromatic nitrogens is 1. The predicted molar refractivity (Wildman–Crippen MR) is 136 cm³/mol. The van der Waals surface area contributed by atoms with Gasteiger partial charge in [0.1, 0.15) is 5.76 Å². The smallest absolute Gasteiger partial charge is 0.315 e. The summed E-state index contributed by atoms with van der Waals surface area (Å²) in [7, 11) is 0. The number of hydrogen-bond acceptors (Lipinski definition) is 6. The highest BCUT2D eigenvalue weighted by atomic mass is 16.8. The minimum atomic E-state index is -1.24. The van der Waals surface area contributed by atoms with Crippen molar-refractivity contribution < 1.29 is 19.6 Å². The number of carbonyl (C=O) groups is 1. The van der Waals surface area contributed by atoms with E-state index in [0.717, 1.165) is 17.7 Å². The summed E-state index contributed by atoms with van der Waals surface area (Å²) in [6.07, 6.45) is 0.817. The van der Waals surface area contributed by atoms with Gasteiger partial charge in [-0.15, -0.1) is 0 Å². The molecule has 9 heteroatoms. The topological polar surface area (TPSA) is 120 Å². The molecule has 2 aromatic heterocycles. The SMILES string of the molecule is Cc1c(-c2ccccc2)oc2c(C(=O)N3C[C@H]4C[C@@H](C3)c3ccc([NH+]([O-])O)c(=O)n3C4)cccc2c1=O. The Morgan fingerprint density at radius 2 is 1.81 bits per heavy atom. The molecule has 2 N–H and O–H groups in total. The molecule has 3 atom stereocenters. The zero-order chi connectivity index (χ0) is 25.8. The highest BCUT2D eigenvalue weighted by molar-refractivity contribution is 6.05. The van der Waals surface area contributed by atoms with E-state index < -0.39 is 10.8 Å². The first-order chi connectivity index (χ1) is 17.8. The quantitative estimate of drug-likeness (QED) is 0.418. The van der Waals surface area contributed by atoms with Crippen LogP contribution in [0.1, 0.15) is 34.0 Å². The van der Waals surface area contributed by atoms with Gasteiger partial charge in [-0.05, 0) is 37.5 Å². The fourth-order valence-electron chi connectivity index (χ4n) is 5.79. The van der Waals surface area contributed by atoms with E-state index >= 15 is 0 Å². The van der Waals surface area contributed by atoms with Gasteiger partial charge in [0.25, 0.3) is 5.91 Å². The van der Waals surface area contributed by atoms with Crippen LogP contribution in [0, 0.1) is 18.0 Å². The lowest BCUT2D eigenvalue weighted by Crippen LogP contribution is -3.00. The van der Waals surface area contributed by atoms with Crippen molar-refractivity contribution in [3.63, 3.8) is 0 Å². The predicted octanol–water partition coefficient (Wildman–Crippen LogP) is 2.59. The maximum atomic E-state index is 13.8. The van der Waals surface area contributed by atoms with Crippen LogP contribution in [0.2, 0.25) is 0 Å². The summed E-state index contributed by atoms with van der Waals surface area (Å²) >= 11 is 0. The molecule has 0 aliphatic carbocycles. The highest BCUT2D eigenvalue weighted by Crippen LogP contribution is 2.36. The minimum absolute atomic E-state index is 0.0149. The van der Waals surface area contributed by atoms with Gasteiger partial charge in [-0.1, -0.05) is 36.4 Å². The van der Waals surface area contributed by atoms with Gasteiger partial charge < -0.3 is 19.1 Å². The third-order valence-electron chi connectivity index (χ3n) is 7.53. The standard InChI is InChI=1S/C28H25N3O6/c1-16-24(32)20-8-5-9-21(26(20)37-25(16)18-6-3-2-4-7-18)27(33)29-13-17-12-19(15-29)22-10-11-23(31(35)36)28(34)30(22)14-17/h2-11,17,19,31,35H,12-15H2,1H3/t17-,19+/m1/s1. The third kappa shape index (κ3) is 3.79. The van der Waals surface area contributed by atoms with E-state index in [-0.39, 0.29) is 34.4 Å². The van der Waals surface area contributed by atoms with Crippen LogP contribution in [0.5, 0.6) is 0 Å². The van der Waals surface area contributed by atoms with E-state index in [9.17, 15) is 24.8 Å². The lowest BCUT2D eigenvalue weighted by molar-refractivity contribution is -0.992. The number of piperidine rings is 1. The molecule has 0 saturated carbocycles. The van der Waals surface area contributed by atoms with Crippen LogP contribution in [0.4, 0.5) is 5.69 Å². The van der Waals surface area contributed by atoms with Crippen molar-refractivity contribution in [3.8, 4) is 11.3 Å². The summed E-state index contributed by atoms with van der Waals surface area (Å²) in [5.41, 5.74) is 1.66. The Balaban J connectivity index is 1.39. The number of amides is 1. The average molecular weight is 500 g/mol. The first-order valence-corrected chi connectivity index (χ1v) is 12.2. The maximum absolute atomic E-state index is 13.8. The monoisotopic (exact) mass is 499 g/mol. The van der Waals surface area contributed by atoms with Gasteiger partial charge in [0.15, 0.2) is 11.0 Å². The number of para-hydroxylation sites is 1. The molecule has 37 heavy (non-hydrogen) atoms.